The van der Waals surface area contributed by atoms with Gasteiger partial charge in [0.2, 0.25) is 0 Å². The molecule has 4 nitrogen and oxygen atoms in total. The van der Waals surface area contributed by atoms with E-state index in [9.17, 15) is 4.79 Å². The Labute approximate surface area is 128 Å². The Morgan fingerprint density at radius 2 is 1.62 bits per heavy atom. The van der Waals surface area contributed by atoms with E-state index in [0.29, 0.717) is 12.4 Å². The van der Waals surface area contributed by atoms with Crippen LogP contribution in [0.25, 0.3) is 0 Å². The van der Waals surface area contributed by atoms with E-state index in [2.05, 4.69) is 27.7 Å². The van der Waals surface area contributed by atoms with Crippen LogP contribution in [-0.4, -0.2) is 33.4 Å². The van der Waals surface area contributed by atoms with Crippen molar-refractivity contribution in [3.8, 4) is 5.75 Å². The summed E-state index contributed by atoms with van der Waals surface area (Å²) in [4.78, 5) is 13.1. The average molecular weight is 294 g/mol. The SMILES string of the molecule is CC(C)c1cccc(C(C)C)c1OC(=O)OCC[NH+](C)C. The van der Waals surface area contributed by atoms with Gasteiger partial charge in [0, 0.05) is 0 Å². The normalized spacial score (nSPS) is 11.3. The summed E-state index contributed by atoms with van der Waals surface area (Å²) in [5.41, 5.74) is 2.08. The number of hydrogen-bond donors (Lipinski definition) is 1. The second kappa shape index (κ2) is 8.03. The van der Waals surface area contributed by atoms with Crippen LogP contribution in [0.4, 0.5) is 4.79 Å². The first-order chi connectivity index (χ1) is 9.82. The minimum absolute atomic E-state index is 0.290. The first-order valence-electron chi connectivity index (χ1n) is 7.59. The Balaban J connectivity index is 2.87. The molecule has 21 heavy (non-hydrogen) atoms. The van der Waals surface area contributed by atoms with Crippen LogP contribution in [0.2, 0.25) is 0 Å². The number of rotatable bonds is 6. The Morgan fingerprint density at radius 1 is 1.10 bits per heavy atom. The Bertz CT molecular complexity index is 441. The van der Waals surface area contributed by atoms with Gasteiger partial charge in [0.1, 0.15) is 18.9 Å². The van der Waals surface area contributed by atoms with Crippen molar-refractivity contribution < 1.29 is 19.2 Å². The van der Waals surface area contributed by atoms with Crippen LogP contribution in [0.3, 0.4) is 0 Å². The summed E-state index contributed by atoms with van der Waals surface area (Å²) in [6.07, 6.45) is -0.619. The zero-order chi connectivity index (χ0) is 16.0. The van der Waals surface area contributed by atoms with E-state index in [4.69, 9.17) is 9.47 Å². The summed E-state index contributed by atoms with van der Waals surface area (Å²) in [6, 6.07) is 6.02. The van der Waals surface area contributed by atoms with Crippen molar-refractivity contribution in [1.82, 2.24) is 0 Å². The van der Waals surface area contributed by atoms with E-state index in [1.165, 1.54) is 4.90 Å². The molecule has 0 unspecified atom stereocenters. The molecule has 0 spiro atoms. The topological polar surface area (TPSA) is 40.0 Å². The fourth-order valence-corrected chi connectivity index (χ4v) is 2.05. The molecule has 0 radical (unpaired) electrons. The number of nitrogens with one attached hydrogen (secondary N) is 1. The number of hydrogen-bond acceptors (Lipinski definition) is 3. The molecule has 1 aromatic carbocycles. The molecular formula is C17H28NO3+. The predicted molar refractivity (Wildman–Crippen MR) is 84.3 cm³/mol. The molecule has 1 aromatic rings. The zero-order valence-electron chi connectivity index (χ0n) is 14.0. The van der Waals surface area contributed by atoms with Crippen LogP contribution in [0.1, 0.15) is 50.7 Å². The minimum atomic E-state index is -0.619. The van der Waals surface area contributed by atoms with Crippen molar-refractivity contribution in [3.05, 3.63) is 29.3 Å². The number of para-hydroxylation sites is 1. The molecule has 0 amide bonds. The maximum Gasteiger partial charge on any atom is 0.514 e. The lowest BCUT2D eigenvalue weighted by molar-refractivity contribution is -0.858. The van der Waals surface area contributed by atoms with Crippen LogP contribution in [0.5, 0.6) is 5.75 Å². The smallest absolute Gasteiger partial charge is 0.428 e. The fraction of sp³-hybridized carbons (Fsp3) is 0.588. The monoisotopic (exact) mass is 294 g/mol. The molecule has 0 fully saturated rings. The van der Waals surface area contributed by atoms with Gasteiger partial charge in [-0.3, -0.25) is 0 Å². The first kappa shape index (κ1) is 17.5. The third-order valence-corrected chi connectivity index (χ3v) is 3.33. The molecule has 118 valence electrons. The van der Waals surface area contributed by atoms with Gasteiger partial charge in [-0.15, -0.1) is 0 Å². The van der Waals surface area contributed by atoms with Crippen molar-refractivity contribution in [2.75, 3.05) is 27.2 Å². The van der Waals surface area contributed by atoms with Crippen LogP contribution in [-0.2, 0) is 4.74 Å². The second-order valence-corrected chi connectivity index (χ2v) is 6.23. The fourth-order valence-electron chi connectivity index (χ4n) is 2.05. The van der Waals surface area contributed by atoms with Crippen molar-refractivity contribution >= 4 is 6.16 Å². The summed E-state index contributed by atoms with van der Waals surface area (Å²) in [7, 11) is 4.03. The van der Waals surface area contributed by atoms with Crippen molar-refractivity contribution in [3.63, 3.8) is 0 Å². The molecule has 0 aliphatic carbocycles. The highest BCUT2D eigenvalue weighted by atomic mass is 16.7. The van der Waals surface area contributed by atoms with E-state index < -0.39 is 6.16 Å². The highest BCUT2D eigenvalue weighted by Gasteiger charge is 2.18. The molecule has 0 aliphatic heterocycles. The lowest BCUT2D eigenvalue weighted by Gasteiger charge is -2.18. The van der Waals surface area contributed by atoms with E-state index in [1.54, 1.807) is 0 Å². The summed E-state index contributed by atoms with van der Waals surface area (Å²) in [5, 5.41) is 0. The van der Waals surface area contributed by atoms with Gasteiger partial charge < -0.3 is 14.4 Å². The van der Waals surface area contributed by atoms with Gasteiger partial charge in [0.15, 0.2) is 0 Å². The van der Waals surface area contributed by atoms with Gasteiger partial charge in [0.05, 0.1) is 14.1 Å². The van der Waals surface area contributed by atoms with Crippen LogP contribution < -0.4 is 9.64 Å². The highest BCUT2D eigenvalue weighted by Crippen LogP contribution is 2.34. The maximum absolute atomic E-state index is 11.9. The van der Waals surface area contributed by atoms with Gasteiger partial charge in [-0.25, -0.2) is 4.79 Å². The number of quaternary nitrogens is 1. The Morgan fingerprint density at radius 3 is 2.05 bits per heavy atom. The minimum Gasteiger partial charge on any atom is -0.428 e. The van der Waals surface area contributed by atoms with Crippen molar-refractivity contribution in [2.24, 2.45) is 0 Å². The number of ether oxygens (including phenoxy) is 2. The molecular weight excluding hydrogens is 266 g/mol. The van der Waals surface area contributed by atoms with Gasteiger partial charge in [-0.05, 0) is 23.0 Å². The van der Waals surface area contributed by atoms with Crippen molar-refractivity contribution in [2.45, 2.75) is 39.5 Å². The maximum atomic E-state index is 11.9. The summed E-state index contributed by atoms with van der Waals surface area (Å²) in [5.74, 6) is 1.24. The van der Waals surface area contributed by atoms with Gasteiger partial charge in [0.25, 0.3) is 0 Å². The number of carbonyl (C=O) groups is 1. The largest absolute Gasteiger partial charge is 0.514 e. The molecule has 0 saturated heterocycles. The molecule has 1 rings (SSSR count). The van der Waals surface area contributed by atoms with Crippen LogP contribution in [0.15, 0.2) is 18.2 Å². The lowest BCUT2D eigenvalue weighted by Crippen LogP contribution is -3.06. The second-order valence-electron chi connectivity index (χ2n) is 6.23. The first-order valence-corrected chi connectivity index (χ1v) is 7.59. The summed E-state index contributed by atoms with van der Waals surface area (Å²) < 4.78 is 10.7. The molecule has 1 N–H and O–H groups in total. The molecule has 4 heteroatoms. The van der Waals surface area contributed by atoms with E-state index >= 15 is 0 Å². The highest BCUT2D eigenvalue weighted by molar-refractivity contribution is 5.66. The zero-order valence-corrected chi connectivity index (χ0v) is 14.0. The number of carbonyl (C=O) groups excluding carboxylic acids is 1. The standard InChI is InChI=1S/C17H27NO3/c1-12(2)14-8-7-9-15(13(3)4)16(14)21-17(19)20-11-10-18(5)6/h7-9,12-13H,10-11H2,1-6H3/p+1. The van der Waals surface area contributed by atoms with Crippen LogP contribution in [0, 0.1) is 0 Å². The molecule has 0 aliphatic rings. The van der Waals surface area contributed by atoms with Gasteiger partial charge in [-0.1, -0.05) is 45.9 Å². The summed E-state index contributed by atoms with van der Waals surface area (Å²) in [6.45, 7) is 9.49. The lowest BCUT2D eigenvalue weighted by atomic mass is 9.94. The Kier molecular flexibility index (Phi) is 6.69. The molecule has 0 heterocycles. The predicted octanol–water partition coefficient (Wildman–Crippen LogP) is 2.59. The van der Waals surface area contributed by atoms with Gasteiger partial charge >= 0.3 is 6.16 Å². The number of likely N-dealkylation sites (N-methyl/N-ethyl adjacent to an activating group) is 1. The Hall–Kier alpha value is -1.55. The molecule has 0 bridgehead atoms. The third-order valence-electron chi connectivity index (χ3n) is 3.33. The van der Waals surface area contributed by atoms with E-state index in [-0.39, 0.29) is 11.8 Å². The van der Waals surface area contributed by atoms with Crippen LogP contribution >= 0.6 is 0 Å². The molecule has 0 atom stereocenters. The van der Waals surface area contributed by atoms with E-state index in [0.717, 1.165) is 17.7 Å². The van der Waals surface area contributed by atoms with Gasteiger partial charge in [-0.2, -0.15) is 0 Å². The summed E-state index contributed by atoms with van der Waals surface area (Å²) >= 11 is 0. The number of benzene rings is 1. The third kappa shape index (κ3) is 5.38. The molecule has 0 aromatic heterocycles. The average Bonchev–Trinajstić information content (AvgIpc) is 2.37. The van der Waals surface area contributed by atoms with E-state index in [1.807, 2.05) is 32.3 Å². The van der Waals surface area contributed by atoms with Crippen molar-refractivity contribution in [1.29, 1.82) is 0 Å². The quantitative estimate of drug-likeness (QED) is 0.647. The molecule has 0 saturated carbocycles.